The number of carbonyl (C=O) groups is 1. The Morgan fingerprint density at radius 3 is 2.25 bits per heavy atom. The molecule has 4 aromatic rings. The Morgan fingerprint density at radius 2 is 1.50 bits per heavy atom. The second-order valence-corrected chi connectivity index (χ2v) is 6.34. The van der Waals surface area contributed by atoms with Crippen LogP contribution in [0.2, 0.25) is 0 Å². The highest BCUT2D eigenvalue weighted by Crippen LogP contribution is 2.23. The van der Waals surface area contributed by atoms with Crippen LogP contribution in [-0.4, -0.2) is 5.91 Å². The number of para-hydroxylation sites is 1. The zero-order chi connectivity index (χ0) is 19.5. The van der Waals surface area contributed by atoms with Gasteiger partial charge in [0.1, 0.15) is 11.4 Å². The van der Waals surface area contributed by atoms with Gasteiger partial charge in [0.05, 0.1) is 11.4 Å². The summed E-state index contributed by atoms with van der Waals surface area (Å²) < 4.78 is 19.0. The normalized spacial score (nSPS) is 11.9. The molecule has 0 bridgehead atoms. The lowest BCUT2D eigenvalue weighted by molar-refractivity contribution is 0.0915. The molecule has 1 amide bonds. The highest BCUT2D eigenvalue weighted by atomic mass is 19.1. The van der Waals surface area contributed by atoms with Crippen LogP contribution in [-0.2, 0) is 0 Å². The first-order valence-corrected chi connectivity index (χ1v) is 8.76. The summed E-state index contributed by atoms with van der Waals surface area (Å²) in [5, 5.41) is 3.30. The van der Waals surface area contributed by atoms with Gasteiger partial charge >= 0.3 is 0 Å². The van der Waals surface area contributed by atoms with Crippen LogP contribution in [0.4, 0.5) is 4.39 Å². The molecule has 1 aromatic heterocycles. The minimum absolute atomic E-state index is 0.0771. The highest BCUT2D eigenvalue weighted by Gasteiger charge is 2.20. The van der Waals surface area contributed by atoms with E-state index in [9.17, 15) is 14.0 Å². The zero-order valence-corrected chi connectivity index (χ0v) is 14.8. The van der Waals surface area contributed by atoms with E-state index in [4.69, 9.17) is 4.42 Å². The number of nitrogens with one attached hydrogen (secondary N) is 1. The number of fused-ring (bicyclic) bond motifs is 1. The Bertz CT molecular complexity index is 1180. The summed E-state index contributed by atoms with van der Waals surface area (Å²) >= 11 is 0. The maximum absolute atomic E-state index is 13.3. The summed E-state index contributed by atoms with van der Waals surface area (Å²) in [6.07, 6.45) is 0. The lowest BCUT2D eigenvalue weighted by Crippen LogP contribution is -2.30. The van der Waals surface area contributed by atoms with Crippen molar-refractivity contribution < 1.29 is 13.6 Å². The van der Waals surface area contributed by atoms with Crippen LogP contribution in [0.5, 0.6) is 0 Å². The molecule has 1 atom stereocenters. The van der Waals surface area contributed by atoms with Crippen molar-refractivity contribution >= 4 is 16.9 Å². The van der Waals surface area contributed by atoms with Crippen LogP contribution in [0.1, 0.15) is 27.7 Å². The minimum atomic E-state index is -0.527. The molecule has 1 N–H and O–H groups in total. The predicted molar refractivity (Wildman–Crippen MR) is 105 cm³/mol. The lowest BCUT2D eigenvalue weighted by atomic mass is 9.98. The van der Waals surface area contributed by atoms with E-state index in [1.807, 2.05) is 30.3 Å². The molecule has 0 radical (unpaired) electrons. The molecular weight excluding hydrogens is 357 g/mol. The molecule has 0 saturated heterocycles. The van der Waals surface area contributed by atoms with Crippen molar-refractivity contribution in [2.45, 2.75) is 6.04 Å². The third kappa shape index (κ3) is 3.55. The van der Waals surface area contributed by atoms with Crippen molar-refractivity contribution in [3.05, 3.63) is 118 Å². The Morgan fingerprint density at radius 1 is 0.857 bits per heavy atom. The third-order valence-corrected chi connectivity index (χ3v) is 4.47. The van der Waals surface area contributed by atoms with E-state index in [-0.39, 0.29) is 17.0 Å². The Balaban J connectivity index is 1.71. The van der Waals surface area contributed by atoms with Crippen LogP contribution in [0.3, 0.4) is 0 Å². The first-order valence-electron chi connectivity index (χ1n) is 8.76. The fraction of sp³-hybridized carbons (Fsp3) is 0.0435. The van der Waals surface area contributed by atoms with Crippen molar-refractivity contribution in [3.63, 3.8) is 0 Å². The van der Waals surface area contributed by atoms with Gasteiger partial charge in [0.15, 0.2) is 11.2 Å². The second kappa shape index (κ2) is 7.48. The fourth-order valence-electron chi connectivity index (χ4n) is 3.08. The number of halogens is 1. The van der Waals surface area contributed by atoms with E-state index in [1.165, 1.54) is 18.2 Å². The molecule has 0 saturated carbocycles. The molecule has 1 heterocycles. The standard InChI is InChI=1S/C23H16FNO3/c24-17-12-10-16(11-13-17)22(15-6-2-1-3-7-15)25-23(27)21-14-19(26)18-8-4-5-9-20(18)28-21/h1-14,22H,(H,25,27). The first kappa shape index (κ1) is 17.7. The van der Waals surface area contributed by atoms with Crippen LogP contribution in [0.25, 0.3) is 11.0 Å². The van der Waals surface area contributed by atoms with E-state index in [0.717, 1.165) is 5.56 Å². The van der Waals surface area contributed by atoms with E-state index in [1.54, 1.807) is 36.4 Å². The Labute approximate surface area is 160 Å². The molecule has 4 rings (SSSR count). The maximum Gasteiger partial charge on any atom is 0.287 e. The predicted octanol–water partition coefficient (Wildman–Crippen LogP) is 4.45. The van der Waals surface area contributed by atoms with E-state index in [0.29, 0.717) is 16.5 Å². The Kier molecular flexibility index (Phi) is 4.72. The topological polar surface area (TPSA) is 59.3 Å². The van der Waals surface area contributed by atoms with Crippen LogP contribution in [0.15, 0.2) is 94.1 Å². The molecule has 0 aliphatic carbocycles. The van der Waals surface area contributed by atoms with Crippen molar-refractivity contribution in [1.29, 1.82) is 0 Å². The van der Waals surface area contributed by atoms with Gasteiger partial charge in [0, 0.05) is 6.07 Å². The summed E-state index contributed by atoms with van der Waals surface area (Å²) in [5.74, 6) is -0.963. The number of carbonyl (C=O) groups excluding carboxylic acids is 1. The number of amides is 1. The molecule has 4 nitrogen and oxygen atoms in total. The fourth-order valence-corrected chi connectivity index (χ4v) is 3.08. The summed E-state index contributed by atoms with van der Waals surface area (Å²) in [5.41, 5.74) is 1.60. The van der Waals surface area contributed by atoms with Gasteiger partial charge < -0.3 is 9.73 Å². The summed E-state index contributed by atoms with van der Waals surface area (Å²) in [6, 6.07) is 22.6. The van der Waals surface area contributed by atoms with E-state index >= 15 is 0 Å². The van der Waals surface area contributed by atoms with Gasteiger partial charge in [-0.05, 0) is 35.4 Å². The smallest absolute Gasteiger partial charge is 0.287 e. The molecule has 0 aliphatic rings. The second-order valence-electron chi connectivity index (χ2n) is 6.34. The van der Waals surface area contributed by atoms with Gasteiger partial charge in [0.25, 0.3) is 5.91 Å². The molecule has 0 fully saturated rings. The quantitative estimate of drug-likeness (QED) is 0.575. The number of benzene rings is 3. The van der Waals surface area contributed by atoms with Crippen LogP contribution < -0.4 is 10.7 Å². The molecule has 28 heavy (non-hydrogen) atoms. The van der Waals surface area contributed by atoms with Gasteiger partial charge in [-0.25, -0.2) is 4.39 Å². The molecule has 1 unspecified atom stereocenters. The summed E-state index contributed by atoms with van der Waals surface area (Å²) in [7, 11) is 0. The minimum Gasteiger partial charge on any atom is -0.451 e. The lowest BCUT2D eigenvalue weighted by Gasteiger charge is -2.19. The van der Waals surface area contributed by atoms with Crippen molar-refractivity contribution in [3.8, 4) is 0 Å². The van der Waals surface area contributed by atoms with E-state index < -0.39 is 11.9 Å². The number of hydrogen-bond donors (Lipinski definition) is 1. The van der Waals surface area contributed by atoms with Gasteiger partial charge in [-0.1, -0.05) is 54.6 Å². The number of hydrogen-bond acceptors (Lipinski definition) is 3. The Hall–Kier alpha value is -3.73. The highest BCUT2D eigenvalue weighted by molar-refractivity contribution is 5.93. The molecule has 3 aromatic carbocycles. The van der Waals surface area contributed by atoms with Crippen molar-refractivity contribution in [1.82, 2.24) is 5.32 Å². The SMILES string of the molecule is O=C(NC(c1ccccc1)c1ccc(F)cc1)c1cc(=O)c2ccccc2o1. The molecule has 5 heteroatoms. The maximum atomic E-state index is 13.3. The monoisotopic (exact) mass is 373 g/mol. The van der Waals surface area contributed by atoms with Gasteiger partial charge in [-0.2, -0.15) is 0 Å². The first-order chi connectivity index (χ1) is 13.6. The molecule has 0 spiro atoms. The largest absolute Gasteiger partial charge is 0.451 e. The van der Waals surface area contributed by atoms with Gasteiger partial charge in [0.2, 0.25) is 0 Å². The average Bonchev–Trinajstić information content (AvgIpc) is 2.73. The zero-order valence-electron chi connectivity index (χ0n) is 14.8. The van der Waals surface area contributed by atoms with Crippen LogP contribution >= 0.6 is 0 Å². The molecule has 0 aliphatic heterocycles. The van der Waals surface area contributed by atoms with Crippen LogP contribution in [0, 0.1) is 5.82 Å². The van der Waals surface area contributed by atoms with Gasteiger partial charge in [-0.3, -0.25) is 9.59 Å². The molecule has 138 valence electrons. The number of rotatable bonds is 4. The molecular formula is C23H16FNO3. The van der Waals surface area contributed by atoms with Crippen molar-refractivity contribution in [2.75, 3.05) is 0 Å². The van der Waals surface area contributed by atoms with Crippen molar-refractivity contribution in [2.24, 2.45) is 0 Å². The van der Waals surface area contributed by atoms with E-state index in [2.05, 4.69) is 5.32 Å². The summed E-state index contributed by atoms with van der Waals surface area (Å²) in [4.78, 5) is 25.1. The van der Waals surface area contributed by atoms with Gasteiger partial charge in [-0.15, -0.1) is 0 Å². The average molecular weight is 373 g/mol. The third-order valence-electron chi connectivity index (χ3n) is 4.47. The summed E-state index contributed by atoms with van der Waals surface area (Å²) in [6.45, 7) is 0.